The maximum Gasteiger partial charge on any atom is 0.142 e. The molecule has 4 fully saturated rings. The zero-order chi connectivity index (χ0) is 20.3. The summed E-state index contributed by atoms with van der Waals surface area (Å²) < 4.78 is 0. The number of carbonyl (C=O) groups excluding carboxylic acids is 2. The van der Waals surface area contributed by atoms with Gasteiger partial charge in [-0.2, -0.15) is 0 Å². The number of aliphatic hydroxyl groups excluding tert-OH is 1. The van der Waals surface area contributed by atoms with Gasteiger partial charge in [0.2, 0.25) is 0 Å². The lowest BCUT2D eigenvalue weighted by Crippen LogP contribution is -2.59. The van der Waals surface area contributed by atoms with Crippen LogP contribution in [-0.2, 0) is 9.59 Å². The molecule has 0 amide bonds. The highest BCUT2D eigenvalue weighted by atomic mass is 16.3. The molecule has 0 aromatic rings. The van der Waals surface area contributed by atoms with Crippen LogP contribution in [0.4, 0.5) is 0 Å². The quantitative estimate of drug-likeness (QED) is 0.443. The first kappa shape index (κ1) is 19.9. The van der Waals surface area contributed by atoms with Crippen molar-refractivity contribution in [3.63, 3.8) is 0 Å². The maximum absolute atomic E-state index is 13.6. The minimum Gasteiger partial charge on any atom is -0.393 e. The molecule has 9 atom stereocenters. The first-order valence-corrected chi connectivity index (χ1v) is 11.0. The largest absolute Gasteiger partial charge is 0.393 e. The summed E-state index contributed by atoms with van der Waals surface area (Å²) in [5.41, 5.74) is 8.25. The van der Waals surface area contributed by atoms with Gasteiger partial charge in [-0.25, -0.2) is 0 Å². The van der Waals surface area contributed by atoms with Crippen LogP contribution < -0.4 is 0 Å². The molecule has 6 heteroatoms. The van der Waals surface area contributed by atoms with E-state index in [0.717, 1.165) is 38.5 Å². The third kappa shape index (κ3) is 2.75. The molecule has 0 unspecified atom stereocenters. The van der Waals surface area contributed by atoms with E-state index in [2.05, 4.69) is 30.8 Å². The molecule has 0 heterocycles. The molecule has 0 saturated heterocycles. The number of hydrogen-bond donors (Lipinski definition) is 1. The summed E-state index contributed by atoms with van der Waals surface area (Å²) in [7, 11) is 0. The summed E-state index contributed by atoms with van der Waals surface area (Å²) in [6.07, 6.45) is 5.91. The Morgan fingerprint density at radius 2 is 2.00 bits per heavy atom. The Morgan fingerprint density at radius 1 is 1.25 bits per heavy atom. The van der Waals surface area contributed by atoms with E-state index in [1.807, 2.05) is 0 Å². The standard InChI is InChI=1S/C22H33N3O3/c1-12-9-21(2)13(8-17(12)26)4-5-14-15-6-7-16(19(28)11-24-25-23)22(15,3)10-18(27)20(14)21/h12-17,20,26H,4-11H2,1-3H3/t12-,13-,14-,15-,16+,17-,20+,21-,22-/m0/s1. The fourth-order valence-electron chi connectivity index (χ4n) is 8.15. The lowest BCUT2D eigenvalue weighted by molar-refractivity contribution is -0.166. The number of hydrogen-bond acceptors (Lipinski definition) is 4. The summed E-state index contributed by atoms with van der Waals surface area (Å²) in [5, 5.41) is 13.9. The van der Waals surface area contributed by atoms with E-state index >= 15 is 0 Å². The number of rotatable bonds is 3. The summed E-state index contributed by atoms with van der Waals surface area (Å²) >= 11 is 0. The van der Waals surface area contributed by atoms with Gasteiger partial charge in [0.25, 0.3) is 0 Å². The fourth-order valence-corrected chi connectivity index (χ4v) is 8.15. The molecule has 0 aromatic carbocycles. The second-order valence-corrected chi connectivity index (χ2v) is 10.6. The van der Waals surface area contributed by atoms with Crippen molar-refractivity contribution < 1.29 is 14.7 Å². The van der Waals surface area contributed by atoms with E-state index in [1.165, 1.54) is 0 Å². The third-order valence-electron chi connectivity index (χ3n) is 9.37. The van der Waals surface area contributed by atoms with Crippen LogP contribution in [0.15, 0.2) is 5.11 Å². The molecular weight excluding hydrogens is 354 g/mol. The molecule has 0 bridgehead atoms. The molecule has 4 saturated carbocycles. The molecule has 0 spiro atoms. The Labute approximate surface area is 167 Å². The van der Waals surface area contributed by atoms with Gasteiger partial charge in [-0.15, -0.1) is 0 Å². The van der Waals surface area contributed by atoms with Crippen molar-refractivity contribution in [2.24, 2.45) is 51.5 Å². The molecule has 0 radical (unpaired) electrons. The van der Waals surface area contributed by atoms with Gasteiger partial charge in [-0.3, -0.25) is 9.59 Å². The average molecular weight is 388 g/mol. The number of carbonyl (C=O) groups is 2. The minimum absolute atomic E-state index is 0.00311. The predicted molar refractivity (Wildman–Crippen MR) is 105 cm³/mol. The van der Waals surface area contributed by atoms with E-state index in [-0.39, 0.29) is 47.0 Å². The lowest BCUT2D eigenvalue weighted by atomic mass is 9.43. The van der Waals surface area contributed by atoms with Crippen LogP contribution >= 0.6 is 0 Å². The van der Waals surface area contributed by atoms with Gasteiger partial charge < -0.3 is 5.11 Å². The highest BCUT2D eigenvalue weighted by molar-refractivity contribution is 5.88. The van der Waals surface area contributed by atoms with E-state index in [1.54, 1.807) is 0 Å². The molecule has 4 aliphatic carbocycles. The lowest BCUT2D eigenvalue weighted by Gasteiger charge is -2.60. The second kappa shape index (κ2) is 6.84. The molecule has 1 N–H and O–H groups in total. The van der Waals surface area contributed by atoms with E-state index in [9.17, 15) is 14.7 Å². The smallest absolute Gasteiger partial charge is 0.142 e. The predicted octanol–water partition coefficient (Wildman–Crippen LogP) is 4.31. The zero-order valence-corrected chi connectivity index (χ0v) is 17.3. The van der Waals surface area contributed by atoms with Gasteiger partial charge in [-0.05, 0) is 78.6 Å². The van der Waals surface area contributed by atoms with Crippen molar-refractivity contribution in [1.29, 1.82) is 0 Å². The van der Waals surface area contributed by atoms with E-state index in [4.69, 9.17) is 5.53 Å². The monoisotopic (exact) mass is 387 g/mol. The number of fused-ring (bicyclic) bond motifs is 5. The Balaban J connectivity index is 1.63. The molecule has 0 aliphatic heterocycles. The van der Waals surface area contributed by atoms with Crippen LogP contribution in [-0.4, -0.2) is 29.3 Å². The number of azide groups is 1. The Bertz CT molecular complexity index is 733. The van der Waals surface area contributed by atoms with Crippen LogP contribution in [0.3, 0.4) is 0 Å². The Hall–Kier alpha value is -1.39. The minimum atomic E-state index is -0.288. The van der Waals surface area contributed by atoms with E-state index < -0.39 is 0 Å². The Morgan fingerprint density at radius 3 is 2.71 bits per heavy atom. The molecule has 6 nitrogen and oxygen atoms in total. The van der Waals surface area contributed by atoms with Crippen LogP contribution in [0.2, 0.25) is 0 Å². The SMILES string of the molecule is C[C@H]1C[C@@]2(C)[C@@H](CC[C@H]3[C@@H]4CC[C@H](C(=O)CN=[N+]=[N-])[C@@]4(C)CC(=O)[C@@H]32)C[C@@H]1O. The number of nitrogens with zero attached hydrogens (tertiary/aromatic N) is 3. The van der Waals surface area contributed by atoms with Crippen LogP contribution in [0.1, 0.15) is 65.7 Å². The van der Waals surface area contributed by atoms with Gasteiger partial charge in [0.1, 0.15) is 11.6 Å². The van der Waals surface area contributed by atoms with Crippen molar-refractivity contribution in [3.8, 4) is 0 Å². The summed E-state index contributed by atoms with van der Waals surface area (Å²) in [4.78, 5) is 29.0. The van der Waals surface area contributed by atoms with Crippen molar-refractivity contribution in [3.05, 3.63) is 10.4 Å². The van der Waals surface area contributed by atoms with Crippen molar-refractivity contribution >= 4 is 11.6 Å². The van der Waals surface area contributed by atoms with Gasteiger partial charge in [0, 0.05) is 23.2 Å². The Kier molecular flexibility index (Phi) is 4.86. The van der Waals surface area contributed by atoms with Crippen molar-refractivity contribution in [2.75, 3.05) is 6.54 Å². The normalized spacial score (nSPS) is 50.1. The van der Waals surface area contributed by atoms with Crippen LogP contribution in [0, 0.1) is 46.3 Å². The van der Waals surface area contributed by atoms with Crippen LogP contribution in [0.5, 0.6) is 0 Å². The fraction of sp³-hybridized carbons (Fsp3) is 0.909. The summed E-state index contributed by atoms with van der Waals surface area (Å²) in [6.45, 7) is 6.46. The van der Waals surface area contributed by atoms with Gasteiger partial charge in [-0.1, -0.05) is 25.9 Å². The van der Waals surface area contributed by atoms with Gasteiger partial charge in [0.05, 0.1) is 12.6 Å². The molecule has 154 valence electrons. The first-order chi connectivity index (χ1) is 13.2. The molecular formula is C22H33N3O3. The second-order valence-electron chi connectivity index (χ2n) is 10.6. The molecule has 0 aromatic heterocycles. The highest BCUT2D eigenvalue weighted by Crippen LogP contribution is 2.66. The number of Topliss-reactive ketones (excluding diaryl/α,β-unsaturated/α-hetero) is 2. The third-order valence-corrected chi connectivity index (χ3v) is 9.37. The summed E-state index contributed by atoms with van der Waals surface area (Å²) in [5.74, 6) is 1.67. The zero-order valence-electron chi connectivity index (χ0n) is 17.3. The van der Waals surface area contributed by atoms with E-state index in [0.29, 0.717) is 30.0 Å². The summed E-state index contributed by atoms with van der Waals surface area (Å²) in [6, 6.07) is 0. The number of aliphatic hydroxyl groups is 1. The molecule has 28 heavy (non-hydrogen) atoms. The van der Waals surface area contributed by atoms with Gasteiger partial charge in [0.15, 0.2) is 0 Å². The molecule has 4 rings (SSSR count). The van der Waals surface area contributed by atoms with Crippen LogP contribution in [0.25, 0.3) is 10.4 Å². The highest BCUT2D eigenvalue weighted by Gasteiger charge is 2.64. The average Bonchev–Trinajstić information content (AvgIpc) is 2.97. The van der Waals surface area contributed by atoms with Crippen molar-refractivity contribution in [1.82, 2.24) is 0 Å². The first-order valence-electron chi connectivity index (χ1n) is 11.0. The topological polar surface area (TPSA) is 103 Å². The van der Waals surface area contributed by atoms with Gasteiger partial charge >= 0.3 is 0 Å². The number of ketones is 2. The molecule has 4 aliphatic rings. The van der Waals surface area contributed by atoms with Crippen molar-refractivity contribution in [2.45, 2.75) is 71.8 Å². The maximum atomic E-state index is 13.6.